The van der Waals surface area contributed by atoms with E-state index < -0.39 is 5.82 Å². The smallest absolute Gasteiger partial charge is 0.261 e. The van der Waals surface area contributed by atoms with Gasteiger partial charge in [0.25, 0.3) is 5.56 Å². The van der Waals surface area contributed by atoms with Crippen molar-refractivity contribution in [2.75, 3.05) is 0 Å². The second-order valence-electron chi connectivity index (χ2n) is 7.39. The summed E-state index contributed by atoms with van der Waals surface area (Å²) in [5.41, 5.74) is 1.20. The van der Waals surface area contributed by atoms with Crippen molar-refractivity contribution in [3.05, 3.63) is 69.8 Å². The Bertz CT molecular complexity index is 1120. The third-order valence-electron chi connectivity index (χ3n) is 4.76. The van der Waals surface area contributed by atoms with Gasteiger partial charge in [0.05, 0.1) is 16.5 Å². The van der Waals surface area contributed by atoms with Crippen molar-refractivity contribution in [2.45, 2.75) is 33.2 Å². The van der Waals surface area contributed by atoms with Crippen LogP contribution in [-0.2, 0) is 13.0 Å². The van der Waals surface area contributed by atoms with Gasteiger partial charge in [0, 0.05) is 19.2 Å². The molecule has 26 heavy (non-hydrogen) atoms. The maximum atomic E-state index is 14.5. The highest BCUT2D eigenvalue weighted by Crippen LogP contribution is 2.30. The van der Waals surface area contributed by atoms with E-state index in [-0.39, 0.29) is 16.5 Å². The minimum absolute atomic E-state index is 0.106. The van der Waals surface area contributed by atoms with Gasteiger partial charge in [-0.05, 0) is 42.0 Å². The van der Waals surface area contributed by atoms with Crippen LogP contribution in [0.2, 0.25) is 0 Å². The molecule has 0 radical (unpaired) electrons. The molecule has 3 heterocycles. The minimum Gasteiger partial charge on any atom is -0.296 e. The Morgan fingerprint density at radius 2 is 2.08 bits per heavy atom. The minimum atomic E-state index is -0.517. The molecular weight excluding hydrogens is 329 g/mol. The number of hydrogen-bond donors (Lipinski definition) is 0. The molecule has 0 spiro atoms. The fourth-order valence-corrected chi connectivity index (χ4v) is 3.25. The van der Waals surface area contributed by atoms with E-state index in [9.17, 15) is 9.18 Å². The lowest BCUT2D eigenvalue weighted by Crippen LogP contribution is -2.35. The van der Waals surface area contributed by atoms with Gasteiger partial charge in [0.2, 0.25) is 0 Å². The fraction of sp³-hybridized carbons (Fsp3) is 0.286. The molecule has 0 saturated carbocycles. The van der Waals surface area contributed by atoms with Crippen LogP contribution < -0.4 is 5.56 Å². The number of benzene rings is 1. The summed E-state index contributed by atoms with van der Waals surface area (Å²) >= 11 is 0. The third kappa shape index (κ3) is 2.99. The first kappa shape index (κ1) is 16.5. The topological polar surface area (TPSA) is 47.8 Å². The Morgan fingerprint density at radius 1 is 1.23 bits per heavy atom. The summed E-state index contributed by atoms with van der Waals surface area (Å²) in [4.78, 5) is 21.5. The molecule has 0 N–H and O–H groups in total. The van der Waals surface area contributed by atoms with E-state index in [1.54, 1.807) is 29.0 Å². The van der Waals surface area contributed by atoms with Crippen LogP contribution >= 0.6 is 0 Å². The Morgan fingerprint density at radius 3 is 2.85 bits per heavy atom. The summed E-state index contributed by atoms with van der Waals surface area (Å²) in [6, 6.07) is 8.19. The van der Waals surface area contributed by atoms with Gasteiger partial charge in [-0.3, -0.25) is 9.36 Å². The summed E-state index contributed by atoms with van der Waals surface area (Å²) in [5, 5.41) is 0.300. The number of halogens is 1. The predicted octanol–water partition coefficient (Wildman–Crippen LogP) is 3.30. The van der Waals surface area contributed by atoms with Gasteiger partial charge in [-0.15, -0.1) is 0 Å². The molecule has 0 saturated heterocycles. The number of fused-ring (bicyclic) bond motifs is 2. The molecule has 130 valence electrons. The molecule has 3 aromatic rings. The highest BCUT2D eigenvalue weighted by Gasteiger charge is 2.27. The SMILES string of the molecule is CC1(C)CCn2c(nc3cc(C#Cc4ccccn4)c(F)cc3c2=O)C1. The summed E-state index contributed by atoms with van der Waals surface area (Å²) in [6.07, 6.45) is 3.27. The highest BCUT2D eigenvalue weighted by molar-refractivity contribution is 5.79. The van der Waals surface area contributed by atoms with E-state index in [1.165, 1.54) is 6.07 Å². The van der Waals surface area contributed by atoms with Crippen molar-refractivity contribution in [1.29, 1.82) is 0 Å². The van der Waals surface area contributed by atoms with Gasteiger partial charge in [-0.25, -0.2) is 14.4 Å². The molecule has 0 amide bonds. The molecule has 0 aliphatic carbocycles. The van der Waals surface area contributed by atoms with Gasteiger partial charge >= 0.3 is 0 Å². The monoisotopic (exact) mass is 347 g/mol. The second-order valence-corrected chi connectivity index (χ2v) is 7.39. The van der Waals surface area contributed by atoms with Crippen LogP contribution in [0.4, 0.5) is 4.39 Å². The highest BCUT2D eigenvalue weighted by atomic mass is 19.1. The van der Waals surface area contributed by atoms with E-state index in [1.807, 2.05) is 6.07 Å². The van der Waals surface area contributed by atoms with Crippen molar-refractivity contribution < 1.29 is 4.39 Å². The number of hydrogen-bond acceptors (Lipinski definition) is 3. The normalized spacial score (nSPS) is 15.2. The fourth-order valence-electron chi connectivity index (χ4n) is 3.25. The lowest BCUT2D eigenvalue weighted by atomic mass is 9.83. The molecule has 1 aliphatic rings. The first-order chi connectivity index (χ1) is 12.4. The summed E-state index contributed by atoms with van der Waals surface area (Å²) in [7, 11) is 0. The zero-order chi connectivity index (χ0) is 18.3. The first-order valence-electron chi connectivity index (χ1n) is 8.59. The lowest BCUT2D eigenvalue weighted by Gasteiger charge is -2.31. The Balaban J connectivity index is 1.84. The lowest BCUT2D eigenvalue weighted by molar-refractivity contribution is 0.261. The van der Waals surface area contributed by atoms with E-state index in [4.69, 9.17) is 0 Å². The zero-order valence-electron chi connectivity index (χ0n) is 14.7. The zero-order valence-corrected chi connectivity index (χ0v) is 14.7. The van der Waals surface area contributed by atoms with Gasteiger partial charge in [-0.2, -0.15) is 0 Å². The molecule has 0 atom stereocenters. The summed E-state index contributed by atoms with van der Waals surface area (Å²) < 4.78 is 16.1. The maximum Gasteiger partial charge on any atom is 0.261 e. The van der Waals surface area contributed by atoms with Crippen molar-refractivity contribution >= 4 is 10.9 Å². The Kier molecular flexibility index (Phi) is 3.84. The number of aromatic nitrogens is 3. The van der Waals surface area contributed by atoms with E-state index in [0.29, 0.717) is 23.1 Å². The van der Waals surface area contributed by atoms with Crippen LogP contribution in [0, 0.1) is 23.1 Å². The van der Waals surface area contributed by atoms with Crippen molar-refractivity contribution in [3.8, 4) is 11.8 Å². The summed E-state index contributed by atoms with van der Waals surface area (Å²) in [5.74, 6) is 5.89. The molecule has 4 rings (SSSR count). The van der Waals surface area contributed by atoms with Crippen molar-refractivity contribution in [1.82, 2.24) is 14.5 Å². The van der Waals surface area contributed by atoms with E-state index in [0.717, 1.165) is 18.7 Å². The number of nitrogens with zero attached hydrogens (tertiary/aromatic N) is 3. The number of rotatable bonds is 0. The molecule has 2 aromatic heterocycles. The van der Waals surface area contributed by atoms with Gasteiger partial charge in [-0.1, -0.05) is 25.8 Å². The third-order valence-corrected chi connectivity index (χ3v) is 4.76. The standard InChI is InChI=1S/C21H18FN3O/c1-21(2)8-10-25-19(13-21)24-18-11-14(17(22)12-16(18)20(25)26)6-7-15-5-3-4-9-23-15/h3-5,9,11-12H,8,10,13H2,1-2H3. The average molecular weight is 347 g/mol. The quantitative estimate of drug-likeness (QED) is 0.586. The molecule has 0 unspecified atom stereocenters. The predicted molar refractivity (Wildman–Crippen MR) is 98.3 cm³/mol. The van der Waals surface area contributed by atoms with Crippen LogP contribution in [0.1, 0.15) is 37.4 Å². The molecule has 4 nitrogen and oxygen atoms in total. The van der Waals surface area contributed by atoms with Crippen LogP contribution in [0.25, 0.3) is 10.9 Å². The molecular formula is C21H18FN3O. The van der Waals surface area contributed by atoms with E-state index in [2.05, 4.69) is 35.7 Å². The Labute approximate surface area is 150 Å². The van der Waals surface area contributed by atoms with E-state index >= 15 is 0 Å². The Hall–Kier alpha value is -3.00. The van der Waals surface area contributed by atoms with Gasteiger partial charge in [0.1, 0.15) is 17.3 Å². The van der Waals surface area contributed by atoms with Crippen molar-refractivity contribution in [3.63, 3.8) is 0 Å². The van der Waals surface area contributed by atoms with Crippen LogP contribution in [-0.4, -0.2) is 14.5 Å². The molecule has 5 heteroatoms. The number of pyridine rings is 1. The largest absolute Gasteiger partial charge is 0.296 e. The van der Waals surface area contributed by atoms with Gasteiger partial charge in [0.15, 0.2) is 0 Å². The average Bonchev–Trinajstić information content (AvgIpc) is 2.61. The first-order valence-corrected chi connectivity index (χ1v) is 8.59. The maximum absolute atomic E-state index is 14.5. The molecule has 0 fully saturated rings. The van der Waals surface area contributed by atoms with Crippen LogP contribution in [0.3, 0.4) is 0 Å². The summed E-state index contributed by atoms with van der Waals surface area (Å²) in [6.45, 7) is 4.95. The van der Waals surface area contributed by atoms with Crippen LogP contribution in [0.15, 0.2) is 41.3 Å². The molecule has 1 aromatic carbocycles. The second kappa shape index (κ2) is 6.06. The molecule has 0 bridgehead atoms. The van der Waals surface area contributed by atoms with Crippen LogP contribution in [0.5, 0.6) is 0 Å². The molecule has 1 aliphatic heterocycles. The van der Waals surface area contributed by atoms with Crippen molar-refractivity contribution in [2.24, 2.45) is 5.41 Å². The van der Waals surface area contributed by atoms with Gasteiger partial charge < -0.3 is 0 Å².